The Morgan fingerprint density at radius 1 is 1.00 bits per heavy atom. The Bertz CT molecular complexity index is 1250. The third-order valence-electron chi connectivity index (χ3n) is 4.78. The number of phenols is 1. The Morgan fingerprint density at radius 2 is 1.73 bits per heavy atom. The van der Waals surface area contributed by atoms with Gasteiger partial charge < -0.3 is 9.52 Å². The molecular formula is C24H20I2N2O2. The van der Waals surface area contributed by atoms with Gasteiger partial charge in [-0.15, -0.1) is 0 Å². The third kappa shape index (κ3) is 4.54. The van der Waals surface area contributed by atoms with Crippen LogP contribution < -0.4 is 0 Å². The average molecular weight is 622 g/mol. The number of hydrogen-bond acceptors (Lipinski definition) is 4. The number of nitrogens with zero attached hydrogens (tertiary/aromatic N) is 2. The van der Waals surface area contributed by atoms with E-state index in [1.165, 1.54) is 5.56 Å². The standard InChI is InChI=1S/C24H20I2N2O2/c1-24(2,3)16-6-4-14(5-7-16)23-28-20-12-18(8-9-21(20)30-23)27-13-15-10-17(25)11-19(26)22(15)29/h4-13,29H,1-3H3. The lowest BCUT2D eigenvalue weighted by Gasteiger charge is -2.18. The van der Waals surface area contributed by atoms with Crippen molar-refractivity contribution in [2.75, 3.05) is 0 Å². The van der Waals surface area contributed by atoms with Gasteiger partial charge in [-0.05, 0) is 98.6 Å². The summed E-state index contributed by atoms with van der Waals surface area (Å²) in [6, 6.07) is 17.8. The Hall–Kier alpha value is -1.94. The second-order valence-corrected chi connectivity index (χ2v) is 10.5. The monoisotopic (exact) mass is 622 g/mol. The minimum Gasteiger partial charge on any atom is -0.506 e. The maximum atomic E-state index is 10.2. The molecule has 1 N–H and O–H groups in total. The Labute approximate surface area is 202 Å². The van der Waals surface area contributed by atoms with Crippen LogP contribution in [-0.4, -0.2) is 16.3 Å². The normalized spacial score (nSPS) is 12.2. The molecule has 0 fully saturated rings. The highest BCUT2D eigenvalue weighted by molar-refractivity contribution is 14.1. The number of benzene rings is 3. The van der Waals surface area contributed by atoms with Crippen molar-refractivity contribution in [1.82, 2.24) is 4.98 Å². The van der Waals surface area contributed by atoms with Gasteiger partial charge in [0.1, 0.15) is 11.3 Å². The molecule has 0 saturated heterocycles. The Balaban J connectivity index is 1.63. The van der Waals surface area contributed by atoms with Crippen LogP contribution in [0.15, 0.2) is 64.0 Å². The van der Waals surface area contributed by atoms with E-state index in [0.29, 0.717) is 11.5 Å². The predicted molar refractivity (Wildman–Crippen MR) is 139 cm³/mol. The van der Waals surface area contributed by atoms with Gasteiger partial charge in [0.05, 0.1) is 9.26 Å². The van der Waals surface area contributed by atoms with Crippen LogP contribution in [0, 0.1) is 7.14 Å². The molecule has 4 nitrogen and oxygen atoms in total. The Morgan fingerprint density at radius 3 is 2.43 bits per heavy atom. The second kappa shape index (κ2) is 8.30. The maximum absolute atomic E-state index is 10.2. The van der Waals surface area contributed by atoms with Crippen molar-refractivity contribution in [3.8, 4) is 17.2 Å². The highest BCUT2D eigenvalue weighted by Gasteiger charge is 2.15. The lowest BCUT2D eigenvalue weighted by Crippen LogP contribution is -2.10. The summed E-state index contributed by atoms with van der Waals surface area (Å²) >= 11 is 4.34. The number of phenolic OH excluding ortho intramolecular Hbond substituents is 1. The van der Waals surface area contributed by atoms with Gasteiger partial charge in [-0.1, -0.05) is 32.9 Å². The first-order chi connectivity index (χ1) is 14.2. The minimum absolute atomic E-state index is 0.107. The fourth-order valence-corrected chi connectivity index (χ4v) is 4.95. The molecular weight excluding hydrogens is 602 g/mol. The molecule has 0 aliphatic carbocycles. The third-order valence-corrected chi connectivity index (χ3v) is 6.22. The molecule has 0 unspecified atom stereocenters. The van der Waals surface area contributed by atoms with E-state index in [9.17, 15) is 5.11 Å². The number of aromatic nitrogens is 1. The summed E-state index contributed by atoms with van der Waals surface area (Å²) in [5.41, 5.74) is 5.23. The van der Waals surface area contributed by atoms with E-state index < -0.39 is 0 Å². The van der Waals surface area contributed by atoms with Gasteiger partial charge in [-0.25, -0.2) is 4.98 Å². The molecule has 152 valence electrons. The minimum atomic E-state index is 0.107. The fourth-order valence-electron chi connectivity index (χ4n) is 3.06. The molecule has 0 aliphatic heterocycles. The fraction of sp³-hybridized carbons (Fsp3) is 0.167. The maximum Gasteiger partial charge on any atom is 0.227 e. The molecule has 6 heteroatoms. The van der Waals surface area contributed by atoms with Crippen molar-refractivity contribution in [1.29, 1.82) is 0 Å². The Kier molecular flexibility index (Phi) is 5.89. The van der Waals surface area contributed by atoms with Crippen LogP contribution in [0.5, 0.6) is 5.75 Å². The molecule has 4 rings (SSSR count). The average Bonchev–Trinajstić information content (AvgIpc) is 3.12. The van der Waals surface area contributed by atoms with Crippen molar-refractivity contribution in [3.63, 3.8) is 0 Å². The summed E-state index contributed by atoms with van der Waals surface area (Å²) in [6.07, 6.45) is 1.67. The molecule has 0 amide bonds. The van der Waals surface area contributed by atoms with Crippen molar-refractivity contribution in [2.45, 2.75) is 26.2 Å². The highest BCUT2D eigenvalue weighted by atomic mass is 127. The zero-order chi connectivity index (χ0) is 21.5. The summed E-state index contributed by atoms with van der Waals surface area (Å²) in [4.78, 5) is 9.16. The summed E-state index contributed by atoms with van der Waals surface area (Å²) in [7, 11) is 0. The van der Waals surface area contributed by atoms with E-state index in [1.54, 1.807) is 6.21 Å². The number of oxazole rings is 1. The lowest BCUT2D eigenvalue weighted by atomic mass is 9.87. The zero-order valence-electron chi connectivity index (χ0n) is 16.8. The molecule has 0 spiro atoms. The van der Waals surface area contributed by atoms with Gasteiger partial charge >= 0.3 is 0 Å². The van der Waals surface area contributed by atoms with Crippen LogP contribution in [-0.2, 0) is 5.41 Å². The number of fused-ring (bicyclic) bond motifs is 1. The van der Waals surface area contributed by atoms with Crippen LogP contribution in [0.25, 0.3) is 22.6 Å². The van der Waals surface area contributed by atoms with E-state index in [0.717, 1.165) is 29.5 Å². The number of rotatable bonds is 3. The number of halogens is 2. The first kappa shape index (κ1) is 21.3. The molecule has 0 bridgehead atoms. The van der Waals surface area contributed by atoms with E-state index >= 15 is 0 Å². The van der Waals surface area contributed by atoms with Crippen molar-refractivity contribution < 1.29 is 9.52 Å². The first-order valence-electron chi connectivity index (χ1n) is 9.44. The van der Waals surface area contributed by atoms with Crippen LogP contribution in [0.2, 0.25) is 0 Å². The van der Waals surface area contributed by atoms with Gasteiger partial charge in [0.15, 0.2) is 5.58 Å². The van der Waals surface area contributed by atoms with E-state index in [2.05, 4.69) is 88.1 Å². The molecule has 0 aliphatic rings. The number of hydrogen-bond donors (Lipinski definition) is 1. The number of aromatic hydroxyl groups is 1. The highest BCUT2D eigenvalue weighted by Crippen LogP contribution is 2.30. The van der Waals surface area contributed by atoms with Crippen molar-refractivity contribution >= 4 is 68.2 Å². The molecule has 30 heavy (non-hydrogen) atoms. The molecule has 1 aromatic heterocycles. The number of aliphatic imine (C=N–C) groups is 1. The van der Waals surface area contributed by atoms with E-state index in [1.807, 2.05) is 42.5 Å². The van der Waals surface area contributed by atoms with E-state index in [4.69, 9.17) is 4.42 Å². The van der Waals surface area contributed by atoms with Crippen LogP contribution in [0.1, 0.15) is 31.9 Å². The smallest absolute Gasteiger partial charge is 0.227 e. The van der Waals surface area contributed by atoms with E-state index in [-0.39, 0.29) is 11.2 Å². The van der Waals surface area contributed by atoms with Crippen LogP contribution in [0.3, 0.4) is 0 Å². The van der Waals surface area contributed by atoms with Crippen molar-refractivity contribution in [3.05, 3.63) is 72.9 Å². The van der Waals surface area contributed by atoms with Crippen LogP contribution >= 0.6 is 45.2 Å². The topological polar surface area (TPSA) is 58.6 Å². The second-order valence-electron chi connectivity index (χ2n) is 8.08. The van der Waals surface area contributed by atoms with Gasteiger partial charge in [-0.3, -0.25) is 4.99 Å². The SMILES string of the molecule is CC(C)(C)c1ccc(-c2nc3cc(N=Cc4cc(I)cc(I)c4O)ccc3o2)cc1. The van der Waals surface area contributed by atoms with Crippen molar-refractivity contribution in [2.24, 2.45) is 4.99 Å². The molecule has 3 aromatic carbocycles. The largest absolute Gasteiger partial charge is 0.506 e. The molecule has 0 atom stereocenters. The first-order valence-corrected chi connectivity index (χ1v) is 11.6. The van der Waals surface area contributed by atoms with Gasteiger partial charge in [0, 0.05) is 20.9 Å². The summed E-state index contributed by atoms with van der Waals surface area (Å²) in [5, 5.41) is 10.2. The summed E-state index contributed by atoms with van der Waals surface area (Å²) in [6.45, 7) is 6.58. The van der Waals surface area contributed by atoms with Gasteiger partial charge in [-0.2, -0.15) is 0 Å². The van der Waals surface area contributed by atoms with Crippen LogP contribution in [0.4, 0.5) is 5.69 Å². The molecule has 4 aromatic rings. The predicted octanol–water partition coefficient (Wildman–Crippen LogP) is 7.46. The molecule has 1 heterocycles. The zero-order valence-corrected chi connectivity index (χ0v) is 21.1. The summed E-state index contributed by atoms with van der Waals surface area (Å²) < 4.78 is 7.79. The molecule has 0 saturated carbocycles. The molecule has 0 radical (unpaired) electrons. The lowest BCUT2D eigenvalue weighted by molar-refractivity contribution is 0.470. The quantitative estimate of drug-likeness (QED) is 0.191. The summed E-state index contributed by atoms with van der Waals surface area (Å²) in [5.74, 6) is 0.833. The van der Waals surface area contributed by atoms with Gasteiger partial charge in [0.2, 0.25) is 5.89 Å². The van der Waals surface area contributed by atoms with Gasteiger partial charge in [0.25, 0.3) is 0 Å².